The first-order valence-electron chi connectivity index (χ1n) is 6.68. The van der Waals surface area contributed by atoms with Gasteiger partial charge in [-0.05, 0) is 28.7 Å². The van der Waals surface area contributed by atoms with Crippen LogP contribution in [0, 0.1) is 23.0 Å². The summed E-state index contributed by atoms with van der Waals surface area (Å²) < 4.78 is 1.61. The first-order chi connectivity index (χ1) is 9.47. The summed E-state index contributed by atoms with van der Waals surface area (Å²) in [5, 5.41) is 13.4. The van der Waals surface area contributed by atoms with Crippen molar-refractivity contribution in [2.24, 2.45) is 11.7 Å². The molecule has 0 radical (unpaired) electrons. The van der Waals surface area contributed by atoms with Crippen LogP contribution < -0.4 is 11.1 Å². The summed E-state index contributed by atoms with van der Waals surface area (Å²) in [7, 11) is 0. The summed E-state index contributed by atoms with van der Waals surface area (Å²) in [5.74, 6) is 0.781. The number of imidazole rings is 1. The van der Waals surface area contributed by atoms with Crippen LogP contribution >= 0.6 is 0 Å². The number of amides is 1. The van der Waals surface area contributed by atoms with Crippen molar-refractivity contribution >= 4 is 11.7 Å². The molecule has 1 unspecified atom stereocenters. The minimum Gasteiger partial charge on any atom is -0.358 e. The van der Waals surface area contributed by atoms with E-state index in [1.165, 1.54) is 6.20 Å². The maximum Gasteiger partial charge on any atom is 0.381 e. The normalized spacial score (nSPS) is 15.9. The highest BCUT2D eigenvalue weighted by Gasteiger charge is 2.28. The smallest absolute Gasteiger partial charge is 0.358 e. The van der Waals surface area contributed by atoms with Crippen molar-refractivity contribution in [3.05, 3.63) is 22.1 Å². The molecule has 1 heterocycles. The molecule has 1 saturated carbocycles. The number of rotatable bonds is 7. The zero-order valence-electron chi connectivity index (χ0n) is 11.4. The van der Waals surface area contributed by atoms with Crippen LogP contribution in [0.2, 0.25) is 0 Å². The van der Waals surface area contributed by atoms with Gasteiger partial charge in [-0.3, -0.25) is 4.79 Å². The highest BCUT2D eigenvalue weighted by atomic mass is 16.6. The van der Waals surface area contributed by atoms with Gasteiger partial charge in [-0.2, -0.15) is 0 Å². The average Bonchev–Trinajstić information content (AvgIpc) is 3.17. The molecule has 1 fully saturated rings. The molecule has 8 heteroatoms. The van der Waals surface area contributed by atoms with E-state index in [0.717, 1.165) is 12.8 Å². The molecule has 0 saturated heterocycles. The third-order valence-electron chi connectivity index (χ3n) is 3.49. The highest BCUT2D eigenvalue weighted by Crippen LogP contribution is 2.31. The van der Waals surface area contributed by atoms with Gasteiger partial charge in [-0.15, -0.1) is 0 Å². The van der Waals surface area contributed by atoms with Gasteiger partial charge in [0.25, 0.3) is 0 Å². The van der Waals surface area contributed by atoms with E-state index in [-0.39, 0.29) is 24.2 Å². The van der Waals surface area contributed by atoms with Crippen molar-refractivity contribution in [2.45, 2.75) is 38.8 Å². The number of carbonyl (C=O) groups is 1. The molecule has 110 valence electrons. The van der Waals surface area contributed by atoms with Crippen molar-refractivity contribution in [3.63, 3.8) is 0 Å². The molecule has 0 aliphatic heterocycles. The second kappa shape index (κ2) is 6.00. The number of nitrogens with two attached hydrogens (primary N) is 1. The molecule has 1 aliphatic rings. The monoisotopic (exact) mass is 281 g/mol. The number of hydrogen-bond acceptors (Lipinski definition) is 5. The second-order valence-electron chi connectivity index (χ2n) is 5.15. The third kappa shape index (κ3) is 3.77. The number of nitrogens with one attached hydrogen (secondary N) is 1. The zero-order valence-corrected chi connectivity index (χ0v) is 11.4. The molecule has 1 aromatic rings. The predicted molar refractivity (Wildman–Crippen MR) is 71.9 cm³/mol. The van der Waals surface area contributed by atoms with E-state index < -0.39 is 4.92 Å². The van der Waals surface area contributed by atoms with Gasteiger partial charge >= 0.3 is 5.82 Å². The van der Waals surface area contributed by atoms with Crippen LogP contribution in [0.3, 0.4) is 0 Å². The van der Waals surface area contributed by atoms with Gasteiger partial charge in [0.05, 0.1) is 0 Å². The van der Waals surface area contributed by atoms with E-state index in [1.54, 1.807) is 11.5 Å². The van der Waals surface area contributed by atoms with E-state index in [1.807, 2.05) is 0 Å². The fourth-order valence-corrected chi connectivity index (χ4v) is 2.04. The van der Waals surface area contributed by atoms with Crippen LogP contribution in [0.5, 0.6) is 0 Å². The molecule has 0 aromatic carbocycles. The Morgan fingerprint density at radius 3 is 2.95 bits per heavy atom. The Morgan fingerprint density at radius 2 is 2.40 bits per heavy atom. The molecular weight excluding hydrogens is 262 g/mol. The Bertz CT molecular complexity index is 509. The number of nitro groups is 1. The van der Waals surface area contributed by atoms with Crippen molar-refractivity contribution < 1.29 is 9.72 Å². The Labute approximate surface area is 116 Å². The standard InChI is InChI=1S/C12H19N5O3/c1-8-15-11(17(19)20)7-16(8)5-4-12(18)14-6-10(13)9-2-3-9/h7,9-10H,2-6,13H2,1H3,(H,14,18). The lowest BCUT2D eigenvalue weighted by molar-refractivity contribution is -0.389. The first kappa shape index (κ1) is 14.4. The van der Waals surface area contributed by atoms with Crippen LogP contribution in [0.25, 0.3) is 0 Å². The van der Waals surface area contributed by atoms with Gasteiger partial charge in [0.2, 0.25) is 11.7 Å². The minimum atomic E-state index is -0.543. The Morgan fingerprint density at radius 1 is 1.70 bits per heavy atom. The van der Waals surface area contributed by atoms with Crippen LogP contribution in [0.1, 0.15) is 25.1 Å². The van der Waals surface area contributed by atoms with Crippen molar-refractivity contribution in [1.82, 2.24) is 14.9 Å². The van der Waals surface area contributed by atoms with Crippen molar-refractivity contribution in [2.75, 3.05) is 6.54 Å². The van der Waals surface area contributed by atoms with E-state index in [0.29, 0.717) is 24.8 Å². The fraction of sp³-hybridized carbons (Fsp3) is 0.667. The zero-order chi connectivity index (χ0) is 14.7. The van der Waals surface area contributed by atoms with Crippen LogP contribution in [-0.4, -0.2) is 33.0 Å². The molecule has 1 atom stereocenters. The van der Waals surface area contributed by atoms with E-state index >= 15 is 0 Å². The van der Waals surface area contributed by atoms with E-state index in [4.69, 9.17) is 5.73 Å². The number of aryl methyl sites for hydroxylation is 2. The molecular formula is C12H19N5O3. The predicted octanol–water partition coefficient (Wildman–Crippen LogP) is 0.343. The first-order valence-corrected chi connectivity index (χ1v) is 6.68. The van der Waals surface area contributed by atoms with Gasteiger partial charge in [0, 0.05) is 32.5 Å². The lowest BCUT2D eigenvalue weighted by atomic mass is 10.2. The van der Waals surface area contributed by atoms with Gasteiger partial charge in [0.15, 0.2) is 0 Å². The van der Waals surface area contributed by atoms with E-state index in [9.17, 15) is 14.9 Å². The number of carbonyl (C=O) groups excluding carboxylic acids is 1. The van der Waals surface area contributed by atoms with Crippen LogP contribution in [0.15, 0.2) is 6.20 Å². The Hall–Kier alpha value is -1.96. The number of nitrogens with zero attached hydrogens (tertiary/aromatic N) is 3. The molecule has 8 nitrogen and oxygen atoms in total. The van der Waals surface area contributed by atoms with Gasteiger partial charge < -0.3 is 25.7 Å². The lowest BCUT2D eigenvalue weighted by Crippen LogP contribution is -2.38. The quantitative estimate of drug-likeness (QED) is 0.552. The Balaban J connectivity index is 1.76. The van der Waals surface area contributed by atoms with Gasteiger partial charge in [0.1, 0.15) is 6.20 Å². The largest absolute Gasteiger partial charge is 0.381 e. The van der Waals surface area contributed by atoms with Gasteiger partial charge in [-0.1, -0.05) is 0 Å². The molecule has 0 spiro atoms. The summed E-state index contributed by atoms with van der Waals surface area (Å²) in [5.41, 5.74) is 5.89. The maximum absolute atomic E-state index is 11.7. The summed E-state index contributed by atoms with van der Waals surface area (Å²) >= 11 is 0. The summed E-state index contributed by atoms with van der Waals surface area (Å²) in [6.07, 6.45) is 3.90. The number of aromatic nitrogens is 2. The SMILES string of the molecule is Cc1nc([N+](=O)[O-])cn1CCC(=O)NCC(N)C1CC1. The molecule has 2 rings (SSSR count). The third-order valence-corrected chi connectivity index (χ3v) is 3.49. The summed E-state index contributed by atoms with van der Waals surface area (Å²) in [6, 6.07) is 0.0371. The lowest BCUT2D eigenvalue weighted by Gasteiger charge is -2.11. The van der Waals surface area contributed by atoms with Crippen LogP contribution in [0.4, 0.5) is 5.82 Å². The van der Waals surface area contributed by atoms with Crippen LogP contribution in [-0.2, 0) is 11.3 Å². The molecule has 1 amide bonds. The molecule has 3 N–H and O–H groups in total. The topological polar surface area (TPSA) is 116 Å². The molecule has 20 heavy (non-hydrogen) atoms. The molecule has 1 aliphatic carbocycles. The highest BCUT2D eigenvalue weighted by molar-refractivity contribution is 5.75. The van der Waals surface area contributed by atoms with Crippen molar-refractivity contribution in [3.8, 4) is 0 Å². The maximum atomic E-state index is 11.7. The average molecular weight is 281 g/mol. The minimum absolute atomic E-state index is 0.0371. The Kier molecular flexibility index (Phi) is 4.33. The summed E-state index contributed by atoms with van der Waals surface area (Å²) in [4.78, 5) is 25.5. The second-order valence-corrected chi connectivity index (χ2v) is 5.15. The fourth-order valence-electron chi connectivity index (χ4n) is 2.04. The molecule has 1 aromatic heterocycles. The van der Waals surface area contributed by atoms with E-state index in [2.05, 4.69) is 10.3 Å². The summed E-state index contributed by atoms with van der Waals surface area (Å²) in [6.45, 7) is 2.54. The van der Waals surface area contributed by atoms with Crippen molar-refractivity contribution in [1.29, 1.82) is 0 Å². The molecule has 0 bridgehead atoms. The number of hydrogen-bond donors (Lipinski definition) is 2. The van der Waals surface area contributed by atoms with Gasteiger partial charge in [-0.25, -0.2) is 0 Å².